The summed E-state index contributed by atoms with van der Waals surface area (Å²) < 4.78 is 18.0. The van der Waals surface area contributed by atoms with Gasteiger partial charge >= 0.3 is 0 Å². The number of nitrogens with one attached hydrogen (secondary N) is 1. The molecule has 0 aliphatic carbocycles. The van der Waals surface area contributed by atoms with Crippen molar-refractivity contribution in [3.8, 4) is 17.2 Å². The molecule has 0 fully saturated rings. The Morgan fingerprint density at radius 1 is 1.13 bits per heavy atom. The highest BCUT2D eigenvalue weighted by Gasteiger charge is 2.32. The topological polar surface area (TPSA) is 74.6 Å². The van der Waals surface area contributed by atoms with Crippen LogP contribution in [0.2, 0.25) is 0 Å². The highest BCUT2D eigenvalue weighted by Crippen LogP contribution is 2.47. The third-order valence-corrected chi connectivity index (χ3v) is 4.10. The van der Waals surface area contributed by atoms with Crippen LogP contribution in [0.3, 0.4) is 0 Å². The van der Waals surface area contributed by atoms with Gasteiger partial charge in [0.05, 0.1) is 27.5 Å². The number of aryl methyl sites for hydroxylation is 1. The quantitative estimate of drug-likeness (QED) is 0.932. The second-order valence-corrected chi connectivity index (χ2v) is 5.30. The van der Waals surface area contributed by atoms with Crippen LogP contribution in [-0.4, -0.2) is 37.0 Å². The fourth-order valence-electron chi connectivity index (χ4n) is 3.02. The lowest BCUT2D eigenvalue weighted by Crippen LogP contribution is -2.24. The van der Waals surface area contributed by atoms with E-state index in [9.17, 15) is 4.79 Å². The van der Waals surface area contributed by atoms with Crippen molar-refractivity contribution in [2.24, 2.45) is 7.05 Å². The van der Waals surface area contributed by atoms with E-state index >= 15 is 0 Å². The Morgan fingerprint density at radius 3 is 2.52 bits per heavy atom. The number of ether oxygens (including phenoxy) is 3. The summed E-state index contributed by atoms with van der Waals surface area (Å²) in [6.45, 7) is 0. The van der Waals surface area contributed by atoms with E-state index in [1.54, 1.807) is 39.3 Å². The lowest BCUT2D eigenvalue weighted by atomic mass is 9.86. The van der Waals surface area contributed by atoms with Gasteiger partial charge in [-0.3, -0.25) is 9.48 Å². The van der Waals surface area contributed by atoms with Crippen LogP contribution in [0, 0.1) is 0 Å². The van der Waals surface area contributed by atoms with Gasteiger partial charge in [0.2, 0.25) is 11.7 Å². The molecule has 2 aromatic rings. The van der Waals surface area contributed by atoms with E-state index in [4.69, 9.17) is 14.2 Å². The first kappa shape index (κ1) is 15.2. The van der Waals surface area contributed by atoms with Crippen LogP contribution in [0.15, 0.2) is 18.3 Å². The number of aromatic nitrogens is 2. The van der Waals surface area contributed by atoms with E-state index in [-0.39, 0.29) is 11.8 Å². The van der Waals surface area contributed by atoms with Crippen LogP contribution in [0.25, 0.3) is 0 Å². The molecule has 1 aromatic heterocycles. The van der Waals surface area contributed by atoms with Crippen molar-refractivity contribution in [1.82, 2.24) is 9.78 Å². The van der Waals surface area contributed by atoms with Crippen LogP contribution >= 0.6 is 0 Å². The Morgan fingerprint density at radius 2 is 1.87 bits per heavy atom. The van der Waals surface area contributed by atoms with Crippen molar-refractivity contribution in [3.63, 3.8) is 0 Å². The summed E-state index contributed by atoms with van der Waals surface area (Å²) in [4.78, 5) is 12.1. The zero-order valence-corrected chi connectivity index (χ0v) is 13.5. The van der Waals surface area contributed by atoms with Crippen molar-refractivity contribution < 1.29 is 19.0 Å². The largest absolute Gasteiger partial charge is 0.493 e. The molecule has 0 bridgehead atoms. The highest BCUT2D eigenvalue weighted by molar-refractivity contribution is 5.94. The second kappa shape index (κ2) is 5.83. The predicted molar refractivity (Wildman–Crippen MR) is 84.4 cm³/mol. The molecule has 3 rings (SSSR count). The number of carbonyl (C=O) groups is 1. The van der Waals surface area contributed by atoms with Gasteiger partial charge in [-0.1, -0.05) is 6.07 Å². The van der Waals surface area contributed by atoms with Gasteiger partial charge in [-0.2, -0.15) is 5.10 Å². The average molecular weight is 317 g/mol. The summed E-state index contributed by atoms with van der Waals surface area (Å²) in [5.41, 5.74) is 1.83. The fraction of sp³-hybridized carbons (Fsp3) is 0.375. The van der Waals surface area contributed by atoms with Gasteiger partial charge < -0.3 is 19.5 Å². The predicted octanol–water partition coefficient (Wildman–Crippen LogP) is 1.92. The van der Waals surface area contributed by atoms with Gasteiger partial charge in [0, 0.05) is 30.5 Å². The molecule has 0 saturated heterocycles. The number of benzene rings is 1. The number of hydrogen-bond donors (Lipinski definition) is 1. The summed E-state index contributed by atoms with van der Waals surface area (Å²) in [5, 5.41) is 7.11. The molecule has 1 aliphatic rings. The summed E-state index contributed by atoms with van der Waals surface area (Å²) in [6, 6.07) is 3.72. The molecular weight excluding hydrogens is 298 g/mol. The third kappa shape index (κ3) is 2.38. The van der Waals surface area contributed by atoms with Crippen molar-refractivity contribution >= 4 is 11.7 Å². The van der Waals surface area contributed by atoms with E-state index < -0.39 is 0 Å². The molecule has 7 nitrogen and oxygen atoms in total. The highest BCUT2D eigenvalue weighted by atomic mass is 16.5. The van der Waals surface area contributed by atoms with Gasteiger partial charge in [-0.15, -0.1) is 0 Å². The van der Waals surface area contributed by atoms with E-state index in [1.165, 1.54) is 0 Å². The molecule has 122 valence electrons. The van der Waals surface area contributed by atoms with Crippen molar-refractivity contribution in [3.05, 3.63) is 29.5 Å². The molecule has 1 aromatic carbocycles. The zero-order chi connectivity index (χ0) is 16.6. The molecule has 1 amide bonds. The monoisotopic (exact) mass is 317 g/mol. The first-order valence-corrected chi connectivity index (χ1v) is 7.21. The van der Waals surface area contributed by atoms with Crippen LogP contribution in [0.1, 0.15) is 23.5 Å². The Bertz CT molecular complexity index is 754. The lowest BCUT2D eigenvalue weighted by molar-refractivity contribution is -0.116. The van der Waals surface area contributed by atoms with Crippen LogP contribution < -0.4 is 19.5 Å². The van der Waals surface area contributed by atoms with E-state index in [1.807, 2.05) is 12.1 Å². The summed E-state index contributed by atoms with van der Waals surface area (Å²) in [5.74, 6) is 2.18. The number of nitrogens with zero attached hydrogens (tertiary/aromatic N) is 2. The molecule has 0 radical (unpaired) electrons. The molecule has 2 heterocycles. The first-order chi connectivity index (χ1) is 11.1. The normalized spacial score (nSPS) is 16.5. The number of rotatable bonds is 4. The van der Waals surface area contributed by atoms with Crippen molar-refractivity contribution in [2.75, 3.05) is 26.6 Å². The van der Waals surface area contributed by atoms with Crippen LogP contribution in [0.5, 0.6) is 17.2 Å². The number of methoxy groups -OCH3 is 3. The number of amides is 1. The number of anilines is 1. The van der Waals surface area contributed by atoms with Crippen LogP contribution in [-0.2, 0) is 11.8 Å². The minimum Gasteiger partial charge on any atom is -0.493 e. The molecular formula is C16H19N3O4. The first-order valence-electron chi connectivity index (χ1n) is 7.21. The third-order valence-electron chi connectivity index (χ3n) is 4.10. The molecule has 1 unspecified atom stereocenters. The van der Waals surface area contributed by atoms with Gasteiger partial charge in [0.1, 0.15) is 5.82 Å². The van der Waals surface area contributed by atoms with E-state index in [2.05, 4.69) is 10.4 Å². The summed E-state index contributed by atoms with van der Waals surface area (Å²) in [7, 11) is 6.51. The number of hydrogen-bond acceptors (Lipinski definition) is 5. The van der Waals surface area contributed by atoms with Crippen molar-refractivity contribution in [1.29, 1.82) is 0 Å². The van der Waals surface area contributed by atoms with Gasteiger partial charge in [-0.25, -0.2) is 0 Å². The maximum absolute atomic E-state index is 12.1. The molecule has 0 spiro atoms. The average Bonchev–Trinajstić information content (AvgIpc) is 2.93. The fourth-order valence-corrected chi connectivity index (χ4v) is 3.02. The lowest BCUT2D eigenvalue weighted by Gasteiger charge is -2.25. The molecule has 1 atom stereocenters. The zero-order valence-electron chi connectivity index (χ0n) is 13.5. The Kier molecular flexibility index (Phi) is 3.85. The maximum Gasteiger partial charge on any atom is 0.226 e. The Balaban J connectivity index is 2.17. The molecule has 7 heteroatoms. The molecule has 23 heavy (non-hydrogen) atoms. The second-order valence-electron chi connectivity index (χ2n) is 5.30. The Labute approximate surface area is 134 Å². The minimum atomic E-state index is -0.151. The summed E-state index contributed by atoms with van der Waals surface area (Å²) in [6.07, 6.45) is 2.10. The maximum atomic E-state index is 12.1. The Hall–Kier alpha value is -2.70. The smallest absolute Gasteiger partial charge is 0.226 e. The van der Waals surface area contributed by atoms with Gasteiger partial charge in [0.15, 0.2) is 11.5 Å². The van der Waals surface area contributed by atoms with Crippen molar-refractivity contribution in [2.45, 2.75) is 12.3 Å². The van der Waals surface area contributed by atoms with Gasteiger partial charge in [-0.05, 0) is 6.07 Å². The van der Waals surface area contributed by atoms with E-state index in [0.717, 1.165) is 11.1 Å². The number of carbonyl (C=O) groups excluding carboxylic acids is 1. The SMILES string of the molecule is COc1ccc(C2CC(=O)Nc3c2cnn3C)c(OC)c1OC. The van der Waals surface area contributed by atoms with Crippen LogP contribution in [0.4, 0.5) is 5.82 Å². The summed E-state index contributed by atoms with van der Waals surface area (Å²) >= 11 is 0. The molecule has 1 aliphatic heterocycles. The molecule has 0 saturated carbocycles. The molecule has 1 N–H and O–H groups in total. The van der Waals surface area contributed by atoms with Gasteiger partial charge in [0.25, 0.3) is 0 Å². The number of fused-ring (bicyclic) bond motifs is 1. The standard InChI is InChI=1S/C16H19N3O4/c1-19-16-11(8-17-19)10(7-13(20)18-16)9-5-6-12(21-2)15(23-4)14(9)22-3/h5-6,8,10H,7H2,1-4H3,(H,18,20). The van der Waals surface area contributed by atoms with E-state index in [0.29, 0.717) is 29.5 Å². The minimum absolute atomic E-state index is 0.0528.